The molecule has 5 heteroatoms. The van der Waals surface area contributed by atoms with Crippen LogP contribution in [0.4, 0.5) is 5.82 Å². The number of para-hydroxylation sites is 2. The molecule has 0 bridgehead atoms. The number of aromatic nitrogens is 2. The maximum absolute atomic E-state index is 5.00. The van der Waals surface area contributed by atoms with Crippen LogP contribution in [-0.4, -0.2) is 50.4 Å². The Labute approximate surface area is 120 Å². The Morgan fingerprint density at radius 3 is 2.55 bits per heavy atom. The highest BCUT2D eigenvalue weighted by Gasteiger charge is 2.09. The van der Waals surface area contributed by atoms with Gasteiger partial charge in [0.2, 0.25) is 0 Å². The van der Waals surface area contributed by atoms with E-state index in [1.807, 2.05) is 38.2 Å². The smallest absolute Gasteiger partial charge is 0.150 e. The molecule has 1 N–H and O–H groups in total. The van der Waals surface area contributed by atoms with E-state index >= 15 is 0 Å². The third-order valence-electron chi connectivity index (χ3n) is 3.19. The summed E-state index contributed by atoms with van der Waals surface area (Å²) >= 11 is 0. The number of hydrogen-bond acceptors (Lipinski definition) is 5. The highest BCUT2D eigenvalue weighted by Crippen LogP contribution is 2.18. The van der Waals surface area contributed by atoms with Crippen molar-refractivity contribution in [3.8, 4) is 0 Å². The third-order valence-corrected chi connectivity index (χ3v) is 3.19. The topological polar surface area (TPSA) is 50.3 Å². The van der Waals surface area contributed by atoms with Gasteiger partial charge in [0.1, 0.15) is 0 Å². The van der Waals surface area contributed by atoms with Gasteiger partial charge in [0, 0.05) is 33.8 Å². The molecule has 0 unspecified atom stereocenters. The molecule has 1 aromatic carbocycles. The average molecular weight is 274 g/mol. The fourth-order valence-electron chi connectivity index (χ4n) is 2.09. The maximum Gasteiger partial charge on any atom is 0.150 e. The van der Waals surface area contributed by atoms with Gasteiger partial charge in [-0.15, -0.1) is 0 Å². The third kappa shape index (κ3) is 3.65. The highest BCUT2D eigenvalue weighted by molar-refractivity contribution is 5.76. The molecule has 5 nitrogen and oxygen atoms in total. The fourth-order valence-corrected chi connectivity index (χ4v) is 2.09. The molecule has 1 aromatic heterocycles. The van der Waals surface area contributed by atoms with Crippen LogP contribution in [0.3, 0.4) is 0 Å². The summed E-state index contributed by atoms with van der Waals surface area (Å²) in [5, 5.41) is 3.33. The van der Waals surface area contributed by atoms with Crippen LogP contribution in [0.2, 0.25) is 0 Å². The molecule has 0 aliphatic heterocycles. The minimum Gasteiger partial charge on any atom is -0.383 e. The zero-order valence-corrected chi connectivity index (χ0v) is 12.4. The molecule has 1 heterocycles. The van der Waals surface area contributed by atoms with Gasteiger partial charge in [-0.05, 0) is 19.1 Å². The van der Waals surface area contributed by atoms with Crippen LogP contribution in [0.1, 0.15) is 5.69 Å². The number of hydrogen-bond donors (Lipinski definition) is 1. The molecule has 0 saturated heterocycles. The summed E-state index contributed by atoms with van der Waals surface area (Å²) < 4.78 is 5.00. The molecule has 108 valence electrons. The van der Waals surface area contributed by atoms with Gasteiger partial charge >= 0.3 is 0 Å². The van der Waals surface area contributed by atoms with Crippen molar-refractivity contribution in [3.05, 3.63) is 30.0 Å². The summed E-state index contributed by atoms with van der Waals surface area (Å²) in [5.74, 6) is 0.942. The van der Waals surface area contributed by atoms with Gasteiger partial charge in [-0.1, -0.05) is 12.1 Å². The number of likely N-dealkylation sites (N-methyl/N-ethyl adjacent to an activating group) is 1. The van der Waals surface area contributed by atoms with Gasteiger partial charge in [0.15, 0.2) is 5.82 Å². The standard InChI is InChI=1S/C15H22N4O/c1-12-15(19(2)10-8-16-9-11-20-3)18-14-7-5-4-6-13(14)17-12/h4-7,16H,8-11H2,1-3H3. The first-order chi connectivity index (χ1) is 9.72. The summed E-state index contributed by atoms with van der Waals surface area (Å²) in [4.78, 5) is 11.4. The normalized spacial score (nSPS) is 10.9. The lowest BCUT2D eigenvalue weighted by Gasteiger charge is -2.20. The van der Waals surface area contributed by atoms with Crippen LogP contribution >= 0.6 is 0 Å². The number of fused-ring (bicyclic) bond motifs is 1. The monoisotopic (exact) mass is 274 g/mol. The largest absolute Gasteiger partial charge is 0.383 e. The van der Waals surface area contributed by atoms with Crippen molar-refractivity contribution in [1.29, 1.82) is 0 Å². The molecule has 0 fully saturated rings. The van der Waals surface area contributed by atoms with Crippen LogP contribution in [0.15, 0.2) is 24.3 Å². The molecule has 20 heavy (non-hydrogen) atoms. The predicted molar refractivity (Wildman–Crippen MR) is 82.3 cm³/mol. The van der Waals surface area contributed by atoms with E-state index in [9.17, 15) is 0 Å². The number of nitrogens with one attached hydrogen (secondary N) is 1. The van der Waals surface area contributed by atoms with Crippen molar-refractivity contribution >= 4 is 16.9 Å². The van der Waals surface area contributed by atoms with Crippen LogP contribution in [-0.2, 0) is 4.74 Å². The second kappa shape index (κ2) is 7.17. The number of ether oxygens (including phenoxy) is 1. The van der Waals surface area contributed by atoms with Gasteiger partial charge in [-0.25, -0.2) is 9.97 Å². The highest BCUT2D eigenvalue weighted by atomic mass is 16.5. The van der Waals surface area contributed by atoms with Crippen molar-refractivity contribution in [2.45, 2.75) is 6.92 Å². The zero-order valence-electron chi connectivity index (χ0n) is 12.4. The van der Waals surface area contributed by atoms with Crippen LogP contribution in [0.5, 0.6) is 0 Å². The molecular formula is C15H22N4O. The second-order valence-electron chi connectivity index (χ2n) is 4.79. The minimum absolute atomic E-state index is 0.735. The van der Waals surface area contributed by atoms with Gasteiger partial charge in [-0.2, -0.15) is 0 Å². The first-order valence-electron chi connectivity index (χ1n) is 6.86. The molecule has 0 spiro atoms. The Hall–Kier alpha value is -1.72. The molecule has 0 aliphatic rings. The molecule has 0 aliphatic carbocycles. The molecule has 0 saturated carbocycles. The van der Waals surface area contributed by atoms with E-state index in [1.165, 1.54) is 0 Å². The molecular weight excluding hydrogens is 252 g/mol. The molecule has 0 radical (unpaired) electrons. The Kier molecular flexibility index (Phi) is 5.26. The van der Waals surface area contributed by atoms with E-state index in [1.54, 1.807) is 7.11 Å². The van der Waals surface area contributed by atoms with Crippen LogP contribution in [0, 0.1) is 6.92 Å². The Morgan fingerprint density at radius 2 is 1.85 bits per heavy atom. The van der Waals surface area contributed by atoms with Crippen molar-refractivity contribution < 1.29 is 4.74 Å². The number of aryl methyl sites for hydroxylation is 1. The summed E-state index contributed by atoms with van der Waals surface area (Å²) in [6.07, 6.45) is 0. The van der Waals surface area contributed by atoms with E-state index in [0.717, 1.165) is 48.8 Å². The van der Waals surface area contributed by atoms with Crippen LogP contribution in [0.25, 0.3) is 11.0 Å². The lowest BCUT2D eigenvalue weighted by molar-refractivity contribution is 0.200. The van der Waals surface area contributed by atoms with Gasteiger partial charge < -0.3 is 15.0 Å². The Bertz CT molecular complexity index is 559. The summed E-state index contributed by atoms with van der Waals surface area (Å²) in [7, 11) is 3.76. The van der Waals surface area contributed by atoms with Gasteiger partial charge in [0.05, 0.1) is 23.3 Å². The average Bonchev–Trinajstić information content (AvgIpc) is 2.46. The predicted octanol–water partition coefficient (Wildman–Crippen LogP) is 1.61. The minimum atomic E-state index is 0.735. The number of benzene rings is 1. The molecule has 2 aromatic rings. The summed E-state index contributed by atoms with van der Waals surface area (Å²) in [5.41, 5.74) is 2.84. The van der Waals surface area contributed by atoms with Crippen molar-refractivity contribution in [2.75, 3.05) is 45.3 Å². The van der Waals surface area contributed by atoms with E-state index in [2.05, 4.69) is 15.2 Å². The molecule has 2 rings (SSSR count). The van der Waals surface area contributed by atoms with E-state index in [-0.39, 0.29) is 0 Å². The maximum atomic E-state index is 5.00. The molecule has 0 atom stereocenters. The van der Waals surface area contributed by atoms with Crippen LogP contribution < -0.4 is 10.2 Å². The van der Waals surface area contributed by atoms with Crippen molar-refractivity contribution in [1.82, 2.24) is 15.3 Å². The number of anilines is 1. The first-order valence-corrected chi connectivity index (χ1v) is 6.86. The quantitative estimate of drug-likeness (QED) is 0.777. The van der Waals surface area contributed by atoms with Crippen molar-refractivity contribution in [3.63, 3.8) is 0 Å². The molecule has 0 amide bonds. The Balaban J connectivity index is 2.02. The fraction of sp³-hybridized carbons (Fsp3) is 0.467. The van der Waals surface area contributed by atoms with E-state index in [4.69, 9.17) is 9.72 Å². The first kappa shape index (κ1) is 14.7. The number of methoxy groups -OCH3 is 1. The zero-order chi connectivity index (χ0) is 14.4. The SMILES string of the molecule is COCCNCCN(C)c1nc2ccccc2nc1C. The Morgan fingerprint density at radius 1 is 1.15 bits per heavy atom. The lowest BCUT2D eigenvalue weighted by atomic mass is 10.3. The second-order valence-corrected chi connectivity index (χ2v) is 4.79. The van der Waals surface area contributed by atoms with Crippen molar-refractivity contribution in [2.24, 2.45) is 0 Å². The number of nitrogens with zero attached hydrogens (tertiary/aromatic N) is 3. The summed E-state index contributed by atoms with van der Waals surface area (Å²) in [6.45, 7) is 5.39. The van der Waals surface area contributed by atoms with E-state index < -0.39 is 0 Å². The van der Waals surface area contributed by atoms with Gasteiger partial charge in [0.25, 0.3) is 0 Å². The van der Waals surface area contributed by atoms with Gasteiger partial charge in [-0.3, -0.25) is 0 Å². The van der Waals surface area contributed by atoms with E-state index in [0.29, 0.717) is 0 Å². The summed E-state index contributed by atoms with van der Waals surface area (Å²) in [6, 6.07) is 7.96. The lowest BCUT2D eigenvalue weighted by Crippen LogP contribution is -2.31. The number of rotatable bonds is 7.